The van der Waals surface area contributed by atoms with Crippen LogP contribution in [-0.2, 0) is 11.3 Å². The summed E-state index contributed by atoms with van der Waals surface area (Å²) in [6.07, 6.45) is 6.95. The molecule has 1 aromatic heterocycles. The molecule has 0 aromatic carbocycles. The van der Waals surface area contributed by atoms with E-state index in [9.17, 15) is 0 Å². The molecule has 1 aromatic rings. The molecular weight excluding hydrogens is 230 g/mol. The van der Waals surface area contributed by atoms with Crippen LogP contribution in [-0.4, -0.2) is 12.6 Å². The highest BCUT2D eigenvalue weighted by atomic mass is 32.1. The minimum Gasteiger partial charge on any atom is -0.373 e. The van der Waals surface area contributed by atoms with Gasteiger partial charge in [-0.1, -0.05) is 31.1 Å². The second-order valence-electron chi connectivity index (χ2n) is 4.38. The van der Waals surface area contributed by atoms with E-state index in [1.807, 2.05) is 0 Å². The molecule has 2 nitrogen and oxygen atoms in total. The number of nitrogens with two attached hydrogens (primary N) is 1. The summed E-state index contributed by atoms with van der Waals surface area (Å²) in [5, 5.41) is 2.07. The molecule has 0 radical (unpaired) electrons. The highest BCUT2D eigenvalue weighted by Crippen LogP contribution is 2.23. The van der Waals surface area contributed by atoms with E-state index in [2.05, 4.69) is 23.3 Å². The first kappa shape index (κ1) is 12.6. The normalized spacial score (nSPS) is 16.5. The van der Waals surface area contributed by atoms with Crippen molar-refractivity contribution in [2.24, 2.45) is 5.73 Å². The third kappa shape index (κ3) is 4.16. The van der Waals surface area contributed by atoms with E-state index >= 15 is 0 Å². The standard InChI is InChI=1S/C14H19NOS/c15-8-4-5-12-9-14(17-11-12)10-16-13-6-2-1-3-7-13/h9,11,13H,1-3,6-8,10,15H2. The summed E-state index contributed by atoms with van der Waals surface area (Å²) in [5.41, 5.74) is 6.40. The minimum absolute atomic E-state index is 0.420. The predicted molar refractivity (Wildman–Crippen MR) is 71.9 cm³/mol. The van der Waals surface area contributed by atoms with Gasteiger partial charge in [-0.15, -0.1) is 11.3 Å². The Morgan fingerprint density at radius 3 is 2.94 bits per heavy atom. The molecule has 0 aliphatic heterocycles. The summed E-state index contributed by atoms with van der Waals surface area (Å²) in [5.74, 6) is 5.91. The molecule has 92 valence electrons. The van der Waals surface area contributed by atoms with Crippen LogP contribution in [0, 0.1) is 11.8 Å². The molecule has 0 atom stereocenters. The maximum atomic E-state index is 5.92. The van der Waals surface area contributed by atoms with Crippen LogP contribution in [0.2, 0.25) is 0 Å². The third-order valence-corrected chi connectivity index (χ3v) is 3.91. The summed E-state index contributed by atoms with van der Waals surface area (Å²) >= 11 is 1.72. The third-order valence-electron chi connectivity index (χ3n) is 3.00. The maximum Gasteiger partial charge on any atom is 0.0813 e. The van der Waals surface area contributed by atoms with Crippen molar-refractivity contribution in [1.82, 2.24) is 0 Å². The monoisotopic (exact) mass is 249 g/mol. The lowest BCUT2D eigenvalue weighted by Gasteiger charge is -2.21. The van der Waals surface area contributed by atoms with Crippen LogP contribution < -0.4 is 5.73 Å². The zero-order valence-corrected chi connectivity index (χ0v) is 10.9. The lowest BCUT2D eigenvalue weighted by atomic mass is 9.98. The molecule has 0 unspecified atom stereocenters. The fraction of sp³-hybridized carbons (Fsp3) is 0.571. The van der Waals surface area contributed by atoms with Gasteiger partial charge in [0.2, 0.25) is 0 Å². The van der Waals surface area contributed by atoms with Gasteiger partial charge < -0.3 is 10.5 Å². The van der Waals surface area contributed by atoms with E-state index < -0.39 is 0 Å². The predicted octanol–water partition coefficient (Wildman–Crippen LogP) is 2.91. The average molecular weight is 249 g/mol. The Morgan fingerprint density at radius 1 is 1.35 bits per heavy atom. The van der Waals surface area contributed by atoms with Gasteiger partial charge in [0.1, 0.15) is 0 Å². The van der Waals surface area contributed by atoms with Gasteiger partial charge >= 0.3 is 0 Å². The molecule has 2 N–H and O–H groups in total. The first-order valence-electron chi connectivity index (χ1n) is 6.26. The van der Waals surface area contributed by atoms with Crippen LogP contribution in [0.15, 0.2) is 11.4 Å². The van der Waals surface area contributed by atoms with Gasteiger partial charge in [0, 0.05) is 15.8 Å². The topological polar surface area (TPSA) is 35.2 Å². The highest BCUT2D eigenvalue weighted by molar-refractivity contribution is 7.10. The Morgan fingerprint density at radius 2 is 2.18 bits per heavy atom. The van der Waals surface area contributed by atoms with E-state index in [0.717, 1.165) is 12.2 Å². The number of ether oxygens (including phenoxy) is 1. The van der Waals surface area contributed by atoms with Crippen molar-refractivity contribution in [3.8, 4) is 11.8 Å². The van der Waals surface area contributed by atoms with E-state index in [-0.39, 0.29) is 0 Å². The molecule has 1 aliphatic rings. The Kier molecular flexibility index (Phi) is 5.06. The van der Waals surface area contributed by atoms with Crippen molar-refractivity contribution >= 4 is 11.3 Å². The molecule has 0 bridgehead atoms. The Balaban J connectivity index is 1.80. The van der Waals surface area contributed by atoms with E-state index in [0.29, 0.717) is 12.6 Å². The summed E-state index contributed by atoms with van der Waals surface area (Å²) in [7, 11) is 0. The van der Waals surface area contributed by atoms with Crippen LogP contribution >= 0.6 is 11.3 Å². The van der Waals surface area contributed by atoms with Gasteiger partial charge in [0.15, 0.2) is 0 Å². The highest BCUT2D eigenvalue weighted by Gasteiger charge is 2.13. The zero-order chi connectivity index (χ0) is 11.9. The van der Waals surface area contributed by atoms with Crippen molar-refractivity contribution < 1.29 is 4.74 Å². The van der Waals surface area contributed by atoms with E-state index in [4.69, 9.17) is 10.5 Å². The zero-order valence-electron chi connectivity index (χ0n) is 10.1. The Hall–Kier alpha value is -0.820. The molecule has 3 heteroatoms. The molecule has 1 aliphatic carbocycles. The smallest absolute Gasteiger partial charge is 0.0813 e. The van der Waals surface area contributed by atoms with Crippen LogP contribution in [0.4, 0.5) is 0 Å². The maximum absolute atomic E-state index is 5.92. The molecule has 1 fully saturated rings. The van der Waals surface area contributed by atoms with Crippen molar-refractivity contribution in [2.75, 3.05) is 6.54 Å². The van der Waals surface area contributed by atoms with Gasteiger partial charge in [-0.3, -0.25) is 0 Å². The lowest BCUT2D eigenvalue weighted by molar-refractivity contribution is 0.0182. The molecular formula is C14H19NOS. The van der Waals surface area contributed by atoms with Crippen molar-refractivity contribution in [2.45, 2.75) is 44.8 Å². The molecule has 0 spiro atoms. The van der Waals surface area contributed by atoms with E-state index in [1.54, 1.807) is 11.3 Å². The fourth-order valence-corrected chi connectivity index (χ4v) is 2.84. The van der Waals surface area contributed by atoms with Crippen molar-refractivity contribution in [1.29, 1.82) is 0 Å². The molecule has 1 saturated carbocycles. The molecule has 17 heavy (non-hydrogen) atoms. The largest absolute Gasteiger partial charge is 0.373 e. The van der Waals surface area contributed by atoms with Gasteiger partial charge in [-0.25, -0.2) is 0 Å². The van der Waals surface area contributed by atoms with E-state index in [1.165, 1.54) is 37.0 Å². The second kappa shape index (κ2) is 6.80. The van der Waals surface area contributed by atoms with Gasteiger partial charge in [0.25, 0.3) is 0 Å². The number of hydrogen-bond acceptors (Lipinski definition) is 3. The molecule has 1 heterocycles. The van der Waals surface area contributed by atoms with Crippen molar-refractivity contribution in [3.05, 3.63) is 21.9 Å². The van der Waals surface area contributed by atoms with Crippen LogP contribution in [0.25, 0.3) is 0 Å². The average Bonchev–Trinajstić information content (AvgIpc) is 2.83. The number of hydrogen-bond donors (Lipinski definition) is 1. The van der Waals surface area contributed by atoms with Gasteiger partial charge in [-0.05, 0) is 18.9 Å². The second-order valence-corrected chi connectivity index (χ2v) is 5.37. The fourth-order valence-electron chi connectivity index (χ4n) is 2.11. The number of rotatable bonds is 3. The Bertz CT molecular complexity index is 396. The van der Waals surface area contributed by atoms with Crippen LogP contribution in [0.3, 0.4) is 0 Å². The quantitative estimate of drug-likeness (QED) is 0.836. The van der Waals surface area contributed by atoms with Gasteiger partial charge in [-0.2, -0.15) is 0 Å². The lowest BCUT2D eigenvalue weighted by Crippen LogP contribution is -2.15. The summed E-state index contributed by atoms with van der Waals surface area (Å²) < 4.78 is 5.92. The minimum atomic E-state index is 0.420. The summed E-state index contributed by atoms with van der Waals surface area (Å²) in [6, 6.07) is 2.11. The Labute approximate surface area is 107 Å². The van der Waals surface area contributed by atoms with Crippen LogP contribution in [0.1, 0.15) is 42.5 Å². The summed E-state index contributed by atoms with van der Waals surface area (Å²) in [4.78, 5) is 1.26. The first-order chi connectivity index (χ1) is 8.38. The molecule has 0 amide bonds. The van der Waals surface area contributed by atoms with Crippen molar-refractivity contribution in [3.63, 3.8) is 0 Å². The molecule has 0 saturated heterocycles. The number of thiophene rings is 1. The SMILES string of the molecule is NCC#Cc1csc(COC2CCCCC2)c1. The summed E-state index contributed by atoms with van der Waals surface area (Å²) in [6.45, 7) is 1.16. The first-order valence-corrected chi connectivity index (χ1v) is 7.14. The van der Waals surface area contributed by atoms with Crippen LogP contribution in [0.5, 0.6) is 0 Å². The molecule has 2 rings (SSSR count). The van der Waals surface area contributed by atoms with Gasteiger partial charge in [0.05, 0.1) is 19.3 Å².